The van der Waals surface area contributed by atoms with Gasteiger partial charge in [0.1, 0.15) is 24.4 Å². The molecule has 1 aliphatic rings. The normalized spacial score (nSPS) is 21.2. The van der Waals surface area contributed by atoms with E-state index >= 15 is 0 Å². The second kappa shape index (κ2) is 23.7. The monoisotopic (exact) mass is 754 g/mol. The molecule has 9 nitrogen and oxygen atoms in total. The highest BCUT2D eigenvalue weighted by molar-refractivity contribution is 7.40. The molecule has 0 bridgehead atoms. The van der Waals surface area contributed by atoms with Crippen LogP contribution in [0, 0.1) is 0 Å². The van der Waals surface area contributed by atoms with Crippen molar-refractivity contribution in [2.75, 3.05) is 33.4 Å². The van der Waals surface area contributed by atoms with E-state index < -0.39 is 47.6 Å². The molecule has 0 saturated carbocycles. The van der Waals surface area contributed by atoms with Gasteiger partial charge in [-0.25, -0.2) is 0 Å². The van der Waals surface area contributed by atoms with Gasteiger partial charge in [0, 0.05) is 15.5 Å². The minimum Gasteiger partial charge on any atom is -0.408 e. The Balaban J connectivity index is 0.00000106. The summed E-state index contributed by atoms with van der Waals surface area (Å²) in [7, 11) is -3.18. The van der Waals surface area contributed by atoms with E-state index in [4.69, 9.17) is 32.4 Å². The van der Waals surface area contributed by atoms with Crippen LogP contribution in [0.25, 0.3) is 0 Å². The summed E-state index contributed by atoms with van der Waals surface area (Å²) in [5, 5.41) is -0.0738. The molecule has 52 heavy (non-hydrogen) atoms. The molecule has 6 atom stereocenters. The van der Waals surface area contributed by atoms with E-state index in [9.17, 15) is 4.89 Å². The van der Waals surface area contributed by atoms with Crippen molar-refractivity contribution < 1.29 is 37.3 Å². The molecule has 3 aromatic carbocycles. The van der Waals surface area contributed by atoms with Gasteiger partial charge in [0.15, 0.2) is 14.6 Å². The first-order chi connectivity index (χ1) is 24.4. The lowest BCUT2D eigenvalue weighted by Crippen LogP contribution is -2.64. The lowest BCUT2D eigenvalue weighted by atomic mass is 9.98. The highest BCUT2D eigenvalue weighted by Crippen LogP contribution is 2.43. The van der Waals surface area contributed by atoms with E-state index in [-0.39, 0.29) is 26.7 Å². The van der Waals surface area contributed by atoms with Crippen LogP contribution in [0.1, 0.15) is 58.2 Å². The quantitative estimate of drug-likeness (QED) is 0.102. The third-order valence-corrected chi connectivity index (χ3v) is 14.7. The van der Waals surface area contributed by atoms with Crippen molar-refractivity contribution >= 4 is 25.3 Å². The van der Waals surface area contributed by atoms with Gasteiger partial charge in [-0.05, 0) is 54.5 Å². The lowest BCUT2D eigenvalue weighted by molar-refractivity contribution is -0.300. The average molecular weight is 755 g/mol. The molecule has 3 aromatic rings. The molecule has 1 unspecified atom stereocenters. The Morgan fingerprint density at radius 2 is 1.15 bits per heavy atom. The zero-order valence-corrected chi connectivity index (χ0v) is 34.7. The van der Waals surface area contributed by atoms with Crippen molar-refractivity contribution in [3.8, 4) is 0 Å². The van der Waals surface area contributed by atoms with Gasteiger partial charge < -0.3 is 37.7 Å². The van der Waals surface area contributed by atoms with Crippen molar-refractivity contribution in [2.45, 2.75) is 110 Å². The Bertz CT molecular complexity index is 1330. The van der Waals surface area contributed by atoms with Gasteiger partial charge in [-0.15, -0.1) is 0 Å². The molecule has 1 N–H and O–H groups in total. The first kappa shape index (κ1) is 46.2. The van der Waals surface area contributed by atoms with Gasteiger partial charge in [0.05, 0.1) is 26.4 Å². The molecular weight excluding hydrogens is 692 g/mol. The van der Waals surface area contributed by atoms with Gasteiger partial charge in [-0.2, -0.15) is 0 Å². The van der Waals surface area contributed by atoms with E-state index in [2.05, 4.69) is 59.5 Å². The molecule has 0 aliphatic carbocycles. The molecule has 1 heterocycles. The van der Waals surface area contributed by atoms with Crippen LogP contribution in [0.15, 0.2) is 91.0 Å². The van der Waals surface area contributed by atoms with E-state index in [1.54, 1.807) is 0 Å². The molecule has 3 radical (unpaired) electrons. The van der Waals surface area contributed by atoms with Crippen molar-refractivity contribution in [3.63, 3.8) is 0 Å². The van der Waals surface area contributed by atoms with Crippen LogP contribution in [0.4, 0.5) is 0 Å². The maximum Gasteiger partial charge on any atom is 0.332 e. The van der Waals surface area contributed by atoms with Crippen LogP contribution in [0.2, 0.25) is 18.1 Å². The number of hydrogen-bond acceptors (Lipinski definition) is 9. The van der Waals surface area contributed by atoms with Crippen LogP contribution in [0.3, 0.4) is 0 Å². The SMILES string of the molecule is CCN(CC)CC.COP(O)O[C@H]1O[C@H](COCc2ccccc2)[C@@H](O[Si](C)(C)C(C)(C)C)[C@H](OCc2ccccc2)[C@H]1OCc1ccccc1.[B]. The smallest absolute Gasteiger partial charge is 0.332 e. The highest BCUT2D eigenvalue weighted by Gasteiger charge is 2.53. The third-order valence-electron chi connectivity index (χ3n) is 9.48. The first-order valence-electron chi connectivity index (χ1n) is 18.1. The summed E-state index contributed by atoms with van der Waals surface area (Å²) in [4.78, 5) is 12.8. The molecule has 4 rings (SSSR count). The molecule has 0 amide bonds. The van der Waals surface area contributed by atoms with E-state index in [1.807, 2.05) is 91.0 Å². The summed E-state index contributed by atoms with van der Waals surface area (Å²) < 4.78 is 44.2. The molecule has 1 aliphatic heterocycles. The van der Waals surface area contributed by atoms with Crippen LogP contribution in [-0.2, 0) is 52.2 Å². The second-order valence-corrected chi connectivity index (χ2v) is 19.9. The molecule has 12 heteroatoms. The van der Waals surface area contributed by atoms with Crippen molar-refractivity contribution in [1.29, 1.82) is 0 Å². The van der Waals surface area contributed by atoms with Crippen LogP contribution >= 0.6 is 8.60 Å². The average Bonchev–Trinajstić information content (AvgIpc) is 3.13. The Morgan fingerprint density at radius 3 is 1.56 bits per heavy atom. The fourth-order valence-corrected chi connectivity index (χ4v) is 7.08. The van der Waals surface area contributed by atoms with Crippen LogP contribution in [0.5, 0.6) is 0 Å². The largest absolute Gasteiger partial charge is 0.408 e. The molecule has 287 valence electrons. The van der Waals surface area contributed by atoms with Crippen LogP contribution in [-0.4, -0.2) is 90.6 Å². The second-order valence-electron chi connectivity index (χ2n) is 14.1. The summed E-state index contributed by atoms with van der Waals surface area (Å²) in [5.41, 5.74) is 3.06. The van der Waals surface area contributed by atoms with Gasteiger partial charge in [-0.1, -0.05) is 133 Å². The summed E-state index contributed by atoms with van der Waals surface area (Å²) in [6, 6.07) is 29.9. The molecule has 0 spiro atoms. The van der Waals surface area contributed by atoms with Gasteiger partial charge in [0.25, 0.3) is 0 Å². The number of ether oxygens (including phenoxy) is 4. The summed E-state index contributed by atoms with van der Waals surface area (Å²) >= 11 is 0. The Hall–Kier alpha value is -1.99. The first-order valence-corrected chi connectivity index (χ1v) is 22.1. The lowest BCUT2D eigenvalue weighted by Gasteiger charge is -2.49. The number of nitrogens with zero attached hydrogens (tertiary/aromatic N) is 1. The summed E-state index contributed by atoms with van der Waals surface area (Å²) in [6.07, 6.45) is -3.47. The zero-order valence-electron chi connectivity index (χ0n) is 32.8. The maximum atomic E-state index is 10.5. The summed E-state index contributed by atoms with van der Waals surface area (Å²) in [5.74, 6) is 0. The molecular formula is C40H62BNO8PSi. The standard InChI is InChI=1S/C34H47O8PSi.C6H15N.B/c1-34(2,3)44(5,6)42-30-29(25-37-22-26-16-10-7-11-17-26)40-33(41-43(35)36-4)32(39-24-28-20-14-9-15-21-28)31(30)38-23-27-18-12-8-13-19-27;1-4-7(5-2)6-3;/h7-21,29-33,35H,22-25H2,1-6H3;4-6H2,1-3H3;/t29-,30-,31+,32-,33-,43?;;/m1../s1. The van der Waals surface area contributed by atoms with E-state index in [0.29, 0.717) is 13.2 Å². The maximum absolute atomic E-state index is 10.5. The molecule has 1 fully saturated rings. The van der Waals surface area contributed by atoms with E-state index in [0.717, 1.165) is 16.7 Å². The van der Waals surface area contributed by atoms with Crippen molar-refractivity contribution in [3.05, 3.63) is 108 Å². The number of rotatable bonds is 18. The van der Waals surface area contributed by atoms with Gasteiger partial charge in [0.2, 0.25) is 0 Å². The van der Waals surface area contributed by atoms with Crippen LogP contribution < -0.4 is 0 Å². The zero-order chi connectivity index (χ0) is 37.3. The van der Waals surface area contributed by atoms with Crippen molar-refractivity contribution in [2.24, 2.45) is 0 Å². The minimum absolute atomic E-state index is 0. The number of benzene rings is 3. The predicted molar refractivity (Wildman–Crippen MR) is 213 cm³/mol. The Labute approximate surface area is 318 Å². The summed E-state index contributed by atoms with van der Waals surface area (Å²) in [6.45, 7) is 22.4. The van der Waals surface area contributed by atoms with E-state index in [1.165, 1.54) is 26.7 Å². The Kier molecular flexibility index (Phi) is 21.1. The minimum atomic E-state index is -2.35. The van der Waals surface area contributed by atoms with Gasteiger partial charge >= 0.3 is 8.60 Å². The molecule has 0 aromatic heterocycles. The highest BCUT2D eigenvalue weighted by atomic mass is 31.2. The fourth-order valence-electron chi connectivity index (χ4n) is 5.33. The molecule has 1 saturated heterocycles. The van der Waals surface area contributed by atoms with Crippen molar-refractivity contribution in [1.82, 2.24) is 4.90 Å². The predicted octanol–water partition coefficient (Wildman–Crippen LogP) is 8.34. The van der Waals surface area contributed by atoms with Gasteiger partial charge in [-0.3, -0.25) is 4.52 Å². The Morgan fingerprint density at radius 1 is 0.712 bits per heavy atom. The fraction of sp³-hybridized carbons (Fsp3) is 0.550. The third kappa shape index (κ3) is 15.0. The number of hydrogen-bond donors (Lipinski definition) is 1. The topological polar surface area (TPSA) is 88.1 Å².